The van der Waals surface area contributed by atoms with Crippen LogP contribution in [0.15, 0.2) is 0 Å². The molecule has 0 heterocycles. The number of hydrogen-bond acceptors (Lipinski definition) is 1. The molecule has 0 saturated heterocycles. The first-order valence-electron chi connectivity index (χ1n) is 4.54. The fourth-order valence-corrected chi connectivity index (χ4v) is 2.11. The highest BCUT2D eigenvalue weighted by Crippen LogP contribution is 2.57. The zero-order valence-corrected chi connectivity index (χ0v) is 7.81. The molecule has 1 nitrogen and oxygen atoms in total. The topological polar surface area (TPSA) is 17.1 Å². The van der Waals surface area contributed by atoms with E-state index >= 15 is 0 Å². The van der Waals surface area contributed by atoms with Crippen molar-refractivity contribution in [2.24, 2.45) is 10.8 Å². The van der Waals surface area contributed by atoms with Gasteiger partial charge in [-0.15, -0.1) is 0 Å². The molecule has 1 aliphatic carbocycles. The molecule has 0 aromatic carbocycles. The van der Waals surface area contributed by atoms with Crippen LogP contribution in [0.25, 0.3) is 0 Å². The van der Waals surface area contributed by atoms with Gasteiger partial charge < -0.3 is 4.79 Å². The third-order valence-corrected chi connectivity index (χ3v) is 3.64. The summed E-state index contributed by atoms with van der Waals surface area (Å²) in [6, 6.07) is 0. The Kier molecular flexibility index (Phi) is 2.08. The maximum atomic E-state index is 10.8. The summed E-state index contributed by atoms with van der Waals surface area (Å²) in [5.74, 6) is 0. The number of hydrogen-bond donors (Lipinski definition) is 0. The molecular weight excluding hydrogens is 136 g/mol. The Bertz CT molecular complexity index is 164. The van der Waals surface area contributed by atoms with E-state index in [1.165, 1.54) is 19.3 Å². The van der Waals surface area contributed by atoms with Crippen LogP contribution in [0, 0.1) is 10.8 Å². The molecule has 0 spiro atoms. The monoisotopic (exact) mass is 154 g/mol. The van der Waals surface area contributed by atoms with Gasteiger partial charge in [-0.25, -0.2) is 0 Å². The van der Waals surface area contributed by atoms with Gasteiger partial charge in [0, 0.05) is 5.41 Å². The molecule has 11 heavy (non-hydrogen) atoms. The van der Waals surface area contributed by atoms with Crippen molar-refractivity contribution in [3.8, 4) is 0 Å². The molecule has 1 heteroatoms. The van der Waals surface area contributed by atoms with Gasteiger partial charge in [0.25, 0.3) is 0 Å². The predicted octanol–water partition coefficient (Wildman–Crippen LogP) is 2.79. The molecule has 0 aliphatic heterocycles. The molecule has 0 amide bonds. The van der Waals surface area contributed by atoms with Crippen molar-refractivity contribution >= 4 is 6.29 Å². The molecule has 1 fully saturated rings. The van der Waals surface area contributed by atoms with Crippen LogP contribution in [0.3, 0.4) is 0 Å². The Morgan fingerprint density at radius 3 is 2.27 bits per heavy atom. The zero-order valence-electron chi connectivity index (χ0n) is 7.81. The van der Waals surface area contributed by atoms with Crippen LogP contribution in [-0.2, 0) is 4.79 Å². The standard InChI is InChI=1S/C10H18O/c1-4-5-9(2)6-7-10(9,3)8-11/h8H,4-7H2,1-3H3. The molecule has 0 aromatic heterocycles. The first-order valence-corrected chi connectivity index (χ1v) is 4.54. The van der Waals surface area contributed by atoms with Gasteiger partial charge in [-0.3, -0.25) is 0 Å². The summed E-state index contributed by atoms with van der Waals surface area (Å²) in [5, 5.41) is 0. The van der Waals surface area contributed by atoms with E-state index in [2.05, 4.69) is 20.8 Å². The van der Waals surface area contributed by atoms with Crippen LogP contribution in [-0.4, -0.2) is 6.29 Å². The van der Waals surface area contributed by atoms with E-state index in [-0.39, 0.29) is 5.41 Å². The van der Waals surface area contributed by atoms with Crippen LogP contribution in [0.2, 0.25) is 0 Å². The molecule has 2 atom stereocenters. The van der Waals surface area contributed by atoms with Crippen molar-refractivity contribution in [1.82, 2.24) is 0 Å². The highest BCUT2D eigenvalue weighted by molar-refractivity contribution is 5.62. The van der Waals surface area contributed by atoms with Crippen LogP contribution < -0.4 is 0 Å². The molecule has 0 aromatic rings. The summed E-state index contributed by atoms with van der Waals surface area (Å²) in [7, 11) is 0. The Labute approximate surface area is 69.2 Å². The second-order valence-electron chi connectivity index (χ2n) is 4.35. The van der Waals surface area contributed by atoms with E-state index in [1.807, 2.05) is 0 Å². The molecule has 1 rings (SSSR count). The summed E-state index contributed by atoms with van der Waals surface area (Å²) in [6.07, 6.45) is 5.87. The fraction of sp³-hybridized carbons (Fsp3) is 0.900. The zero-order chi connectivity index (χ0) is 8.54. The van der Waals surface area contributed by atoms with Crippen molar-refractivity contribution in [3.63, 3.8) is 0 Å². The third-order valence-electron chi connectivity index (χ3n) is 3.64. The van der Waals surface area contributed by atoms with Gasteiger partial charge >= 0.3 is 0 Å². The summed E-state index contributed by atoms with van der Waals surface area (Å²) < 4.78 is 0. The molecule has 0 bridgehead atoms. The van der Waals surface area contributed by atoms with E-state index in [0.717, 1.165) is 12.7 Å². The highest BCUT2D eigenvalue weighted by atomic mass is 16.1. The van der Waals surface area contributed by atoms with E-state index in [4.69, 9.17) is 0 Å². The van der Waals surface area contributed by atoms with Crippen LogP contribution in [0.4, 0.5) is 0 Å². The SMILES string of the molecule is CCCC1(C)CCC1(C)C=O. The van der Waals surface area contributed by atoms with Gasteiger partial charge in [-0.2, -0.15) is 0 Å². The first-order chi connectivity index (χ1) is 5.08. The van der Waals surface area contributed by atoms with Crippen LogP contribution >= 0.6 is 0 Å². The largest absolute Gasteiger partial charge is 0.303 e. The van der Waals surface area contributed by atoms with E-state index in [1.54, 1.807) is 0 Å². The Balaban J connectivity index is 2.65. The van der Waals surface area contributed by atoms with Crippen molar-refractivity contribution < 1.29 is 4.79 Å². The molecular formula is C10H18O. The minimum atomic E-state index is -0.0109. The summed E-state index contributed by atoms with van der Waals surface area (Å²) in [4.78, 5) is 10.8. The maximum absolute atomic E-state index is 10.8. The molecule has 2 unspecified atom stereocenters. The van der Waals surface area contributed by atoms with E-state index in [9.17, 15) is 4.79 Å². The lowest BCUT2D eigenvalue weighted by Crippen LogP contribution is -2.48. The molecule has 64 valence electrons. The van der Waals surface area contributed by atoms with Gasteiger partial charge in [0.15, 0.2) is 0 Å². The number of rotatable bonds is 3. The van der Waals surface area contributed by atoms with Gasteiger partial charge in [-0.05, 0) is 24.7 Å². The Morgan fingerprint density at radius 1 is 1.36 bits per heavy atom. The van der Waals surface area contributed by atoms with E-state index in [0.29, 0.717) is 5.41 Å². The molecule has 0 radical (unpaired) electrons. The Morgan fingerprint density at radius 2 is 2.00 bits per heavy atom. The fourth-order valence-electron chi connectivity index (χ4n) is 2.11. The van der Waals surface area contributed by atoms with Crippen LogP contribution in [0.5, 0.6) is 0 Å². The van der Waals surface area contributed by atoms with Crippen molar-refractivity contribution in [2.75, 3.05) is 0 Å². The van der Waals surface area contributed by atoms with Crippen molar-refractivity contribution in [1.29, 1.82) is 0 Å². The number of carbonyl (C=O) groups excluding carboxylic acids is 1. The summed E-state index contributed by atoms with van der Waals surface area (Å²) in [5.41, 5.74) is 0.298. The lowest BCUT2D eigenvalue weighted by Gasteiger charge is -2.53. The minimum absolute atomic E-state index is 0.0109. The second-order valence-corrected chi connectivity index (χ2v) is 4.35. The van der Waals surface area contributed by atoms with E-state index < -0.39 is 0 Å². The minimum Gasteiger partial charge on any atom is -0.303 e. The lowest BCUT2D eigenvalue weighted by molar-refractivity contribution is -0.135. The first kappa shape index (κ1) is 8.76. The predicted molar refractivity (Wildman–Crippen MR) is 46.4 cm³/mol. The Hall–Kier alpha value is -0.330. The average Bonchev–Trinajstić information content (AvgIpc) is 2.01. The molecule has 0 N–H and O–H groups in total. The van der Waals surface area contributed by atoms with Crippen molar-refractivity contribution in [2.45, 2.75) is 46.5 Å². The average molecular weight is 154 g/mol. The van der Waals surface area contributed by atoms with Gasteiger partial charge in [0.2, 0.25) is 0 Å². The van der Waals surface area contributed by atoms with Crippen molar-refractivity contribution in [3.05, 3.63) is 0 Å². The maximum Gasteiger partial charge on any atom is 0.126 e. The molecule has 1 saturated carbocycles. The third kappa shape index (κ3) is 1.11. The number of carbonyl (C=O) groups is 1. The second kappa shape index (κ2) is 2.62. The molecule has 1 aliphatic rings. The number of aldehydes is 1. The normalized spacial score (nSPS) is 43.2. The van der Waals surface area contributed by atoms with Gasteiger partial charge in [0.05, 0.1) is 0 Å². The summed E-state index contributed by atoms with van der Waals surface area (Å²) in [6.45, 7) is 6.53. The highest BCUT2D eigenvalue weighted by Gasteiger charge is 2.51. The van der Waals surface area contributed by atoms with Gasteiger partial charge in [0.1, 0.15) is 6.29 Å². The van der Waals surface area contributed by atoms with Crippen LogP contribution in [0.1, 0.15) is 46.5 Å². The smallest absolute Gasteiger partial charge is 0.126 e. The summed E-state index contributed by atoms with van der Waals surface area (Å²) >= 11 is 0. The van der Waals surface area contributed by atoms with Gasteiger partial charge in [-0.1, -0.05) is 27.2 Å². The quantitative estimate of drug-likeness (QED) is 0.571. The lowest BCUT2D eigenvalue weighted by atomic mass is 9.50.